The fourth-order valence-electron chi connectivity index (χ4n) is 1.86. The van der Waals surface area contributed by atoms with E-state index in [1.54, 1.807) is 27.7 Å². The first-order valence-corrected chi connectivity index (χ1v) is 6.82. The molecule has 0 bridgehead atoms. The number of anilines is 1. The van der Waals surface area contributed by atoms with Gasteiger partial charge in [0.1, 0.15) is 11.7 Å². The number of carbonyl (C=O) groups is 2. The van der Waals surface area contributed by atoms with Gasteiger partial charge in [0.25, 0.3) is 0 Å². The zero-order valence-electron chi connectivity index (χ0n) is 11.8. The average molecular weight is 346 g/mol. The smallest absolute Gasteiger partial charge is 0.316 e. The number of carbonyl (C=O) groups excluding carboxylic acids is 1. The van der Waals surface area contributed by atoms with Crippen LogP contribution < -0.4 is 5.32 Å². The number of aliphatic carboxylic acids is 1. The van der Waals surface area contributed by atoms with Gasteiger partial charge in [-0.2, -0.15) is 0 Å². The lowest BCUT2D eigenvalue weighted by Gasteiger charge is -2.26. The molecule has 0 spiro atoms. The van der Waals surface area contributed by atoms with Crippen LogP contribution in [0.25, 0.3) is 0 Å². The largest absolute Gasteiger partial charge is 0.481 e. The third-order valence-corrected chi connectivity index (χ3v) is 3.51. The van der Waals surface area contributed by atoms with E-state index in [1.807, 2.05) is 0 Å². The van der Waals surface area contributed by atoms with Crippen molar-refractivity contribution in [1.82, 2.24) is 0 Å². The highest BCUT2D eigenvalue weighted by Crippen LogP contribution is 2.29. The lowest BCUT2D eigenvalue weighted by atomic mass is 9.80. The van der Waals surface area contributed by atoms with Crippen LogP contribution in [0.2, 0.25) is 0 Å². The molecule has 20 heavy (non-hydrogen) atoms. The number of nitrogens with one attached hydrogen (secondary N) is 1. The van der Waals surface area contributed by atoms with E-state index in [2.05, 4.69) is 21.2 Å². The molecule has 1 unspecified atom stereocenters. The fraction of sp³-hybridized carbons (Fsp3) is 0.429. The molecule has 0 saturated carbocycles. The van der Waals surface area contributed by atoms with Crippen LogP contribution in [-0.4, -0.2) is 17.0 Å². The van der Waals surface area contributed by atoms with E-state index in [9.17, 15) is 19.1 Å². The van der Waals surface area contributed by atoms with Crippen molar-refractivity contribution < 1.29 is 19.1 Å². The molecule has 1 rings (SSSR count). The van der Waals surface area contributed by atoms with E-state index >= 15 is 0 Å². The number of hydrogen-bond donors (Lipinski definition) is 2. The molecule has 2 N–H and O–H groups in total. The highest BCUT2D eigenvalue weighted by Gasteiger charge is 2.37. The van der Waals surface area contributed by atoms with Gasteiger partial charge in [0.2, 0.25) is 5.91 Å². The molecular weight excluding hydrogens is 329 g/mol. The van der Waals surface area contributed by atoms with E-state index in [0.717, 1.165) is 0 Å². The number of aryl methyl sites for hydroxylation is 1. The molecule has 1 atom stereocenters. The minimum Gasteiger partial charge on any atom is -0.481 e. The van der Waals surface area contributed by atoms with Crippen molar-refractivity contribution in [3.05, 3.63) is 28.0 Å². The molecule has 0 aliphatic rings. The molecule has 0 heterocycles. The molecule has 0 aromatic heterocycles. The Hall–Kier alpha value is -1.43. The Kier molecular flexibility index (Phi) is 4.91. The van der Waals surface area contributed by atoms with Gasteiger partial charge in [-0.25, -0.2) is 4.39 Å². The Bertz CT molecular complexity index is 552. The lowest BCUT2D eigenvalue weighted by molar-refractivity contribution is -0.149. The summed E-state index contributed by atoms with van der Waals surface area (Å²) in [7, 11) is 0. The van der Waals surface area contributed by atoms with Gasteiger partial charge in [-0.3, -0.25) is 9.59 Å². The zero-order valence-corrected chi connectivity index (χ0v) is 13.3. The number of halogens is 2. The highest BCUT2D eigenvalue weighted by atomic mass is 79.9. The number of amides is 1. The van der Waals surface area contributed by atoms with Crippen molar-refractivity contribution in [3.63, 3.8) is 0 Å². The Labute approximate surface area is 125 Å². The summed E-state index contributed by atoms with van der Waals surface area (Å²) in [5.41, 5.74) is 0.174. The summed E-state index contributed by atoms with van der Waals surface area (Å²) >= 11 is 3.05. The third-order valence-electron chi connectivity index (χ3n) is 2.90. The molecule has 0 saturated heterocycles. The topological polar surface area (TPSA) is 66.4 Å². The lowest BCUT2D eigenvalue weighted by Crippen LogP contribution is -2.39. The van der Waals surface area contributed by atoms with Crippen LogP contribution in [0, 0.1) is 24.1 Å². The molecule has 0 aliphatic heterocycles. The molecule has 1 aromatic rings. The van der Waals surface area contributed by atoms with Gasteiger partial charge in [-0.1, -0.05) is 20.8 Å². The summed E-state index contributed by atoms with van der Waals surface area (Å²) in [5.74, 6) is -3.60. The van der Waals surface area contributed by atoms with Crippen LogP contribution in [0.15, 0.2) is 16.6 Å². The Balaban J connectivity index is 3.06. The predicted octanol–water partition coefficient (Wildman–Crippen LogP) is 3.58. The Morgan fingerprint density at radius 3 is 2.35 bits per heavy atom. The van der Waals surface area contributed by atoms with E-state index in [4.69, 9.17) is 0 Å². The van der Waals surface area contributed by atoms with Crippen LogP contribution in [0.5, 0.6) is 0 Å². The van der Waals surface area contributed by atoms with Crippen LogP contribution in [0.1, 0.15) is 26.3 Å². The van der Waals surface area contributed by atoms with Crippen molar-refractivity contribution in [3.8, 4) is 0 Å². The van der Waals surface area contributed by atoms with E-state index in [-0.39, 0.29) is 5.69 Å². The number of rotatable bonds is 3. The average Bonchev–Trinajstić information content (AvgIpc) is 2.22. The van der Waals surface area contributed by atoms with E-state index in [1.165, 1.54) is 12.1 Å². The van der Waals surface area contributed by atoms with Gasteiger partial charge in [0.05, 0.1) is 4.47 Å². The monoisotopic (exact) mass is 345 g/mol. The molecule has 0 aliphatic carbocycles. The third kappa shape index (κ3) is 3.79. The maximum absolute atomic E-state index is 13.5. The van der Waals surface area contributed by atoms with Crippen molar-refractivity contribution in [2.24, 2.45) is 11.3 Å². The first kappa shape index (κ1) is 16.6. The van der Waals surface area contributed by atoms with Gasteiger partial charge in [0, 0.05) is 5.69 Å². The number of carboxylic acids is 1. The van der Waals surface area contributed by atoms with Gasteiger partial charge in [0.15, 0.2) is 0 Å². The number of benzene rings is 1. The van der Waals surface area contributed by atoms with Crippen LogP contribution in [0.4, 0.5) is 10.1 Å². The molecule has 6 heteroatoms. The second-order valence-corrected chi connectivity index (χ2v) is 6.56. The minimum absolute atomic E-state index is 0.270. The first-order chi connectivity index (χ1) is 9.04. The summed E-state index contributed by atoms with van der Waals surface area (Å²) in [6.45, 7) is 6.70. The van der Waals surface area contributed by atoms with Gasteiger partial charge in [-0.15, -0.1) is 0 Å². The van der Waals surface area contributed by atoms with Crippen molar-refractivity contribution in [2.75, 3.05) is 5.32 Å². The van der Waals surface area contributed by atoms with Gasteiger partial charge in [-0.05, 0) is 46.0 Å². The maximum Gasteiger partial charge on any atom is 0.316 e. The fourth-order valence-corrected chi connectivity index (χ4v) is 2.32. The molecule has 110 valence electrons. The maximum atomic E-state index is 13.5. The van der Waals surface area contributed by atoms with Crippen molar-refractivity contribution in [1.29, 1.82) is 0 Å². The second-order valence-electron chi connectivity index (χ2n) is 5.71. The van der Waals surface area contributed by atoms with E-state index in [0.29, 0.717) is 10.0 Å². The molecule has 0 radical (unpaired) electrons. The highest BCUT2D eigenvalue weighted by molar-refractivity contribution is 9.10. The first-order valence-electron chi connectivity index (χ1n) is 6.03. The van der Waals surface area contributed by atoms with Gasteiger partial charge >= 0.3 is 5.97 Å². The molecule has 0 fully saturated rings. The summed E-state index contributed by atoms with van der Waals surface area (Å²) in [5, 5.41) is 11.7. The van der Waals surface area contributed by atoms with Crippen molar-refractivity contribution in [2.45, 2.75) is 27.7 Å². The van der Waals surface area contributed by atoms with Crippen LogP contribution in [-0.2, 0) is 9.59 Å². The zero-order chi connectivity index (χ0) is 15.7. The minimum atomic E-state index is -1.21. The van der Waals surface area contributed by atoms with Crippen molar-refractivity contribution >= 4 is 33.5 Å². The normalized spacial score (nSPS) is 12.9. The summed E-state index contributed by atoms with van der Waals surface area (Å²) < 4.78 is 13.8. The predicted molar refractivity (Wildman–Crippen MR) is 78.0 cm³/mol. The van der Waals surface area contributed by atoms with Gasteiger partial charge < -0.3 is 10.4 Å². The number of carboxylic acid groups (broad SMARTS) is 1. The van der Waals surface area contributed by atoms with E-state index < -0.39 is 29.0 Å². The second kappa shape index (κ2) is 5.91. The Morgan fingerprint density at radius 2 is 1.90 bits per heavy atom. The summed E-state index contributed by atoms with van der Waals surface area (Å²) in [6, 6.07) is 2.69. The molecule has 1 aromatic carbocycles. The number of hydrogen-bond acceptors (Lipinski definition) is 2. The standard InChI is InChI=1S/C14H17BrFNO3/c1-7-5-8(15)9(16)6-10(7)17-12(18)11(13(19)20)14(2,3)4/h5-6,11H,1-4H3,(H,17,18)(H,19,20). The quantitative estimate of drug-likeness (QED) is 0.822. The van der Waals surface area contributed by atoms with Crippen LogP contribution in [0.3, 0.4) is 0 Å². The SMILES string of the molecule is Cc1cc(Br)c(F)cc1NC(=O)C(C(=O)O)C(C)(C)C. The Morgan fingerprint density at radius 1 is 1.35 bits per heavy atom. The molecular formula is C14H17BrFNO3. The molecule has 1 amide bonds. The summed E-state index contributed by atoms with van der Waals surface area (Å²) in [6.07, 6.45) is 0. The summed E-state index contributed by atoms with van der Waals surface area (Å²) in [4.78, 5) is 23.4. The van der Waals surface area contributed by atoms with Crippen LogP contribution >= 0.6 is 15.9 Å². The molecule has 4 nitrogen and oxygen atoms in total.